The summed E-state index contributed by atoms with van der Waals surface area (Å²) in [6, 6.07) is 0. The van der Waals surface area contributed by atoms with Crippen molar-refractivity contribution in [1.82, 2.24) is 10.2 Å². The summed E-state index contributed by atoms with van der Waals surface area (Å²) >= 11 is 1.78. The van der Waals surface area contributed by atoms with E-state index in [-0.39, 0.29) is 17.2 Å². The molecule has 1 fully saturated rings. The van der Waals surface area contributed by atoms with Crippen LogP contribution in [0.5, 0.6) is 0 Å². The van der Waals surface area contributed by atoms with Crippen LogP contribution in [-0.4, -0.2) is 46.9 Å². The number of nitrogens with zero attached hydrogens (tertiary/aromatic N) is 2. The van der Waals surface area contributed by atoms with Gasteiger partial charge in [0.1, 0.15) is 23.3 Å². The van der Waals surface area contributed by atoms with Gasteiger partial charge in [-0.15, -0.1) is 11.8 Å². The highest BCUT2D eigenvalue weighted by Gasteiger charge is 2.32. The number of hydrogen-bond acceptors (Lipinski definition) is 5. The van der Waals surface area contributed by atoms with Crippen LogP contribution < -0.4 is 5.32 Å². The van der Waals surface area contributed by atoms with Gasteiger partial charge in [0.25, 0.3) is 0 Å². The monoisotopic (exact) mass is 311 g/mol. The topological polar surface area (TPSA) is 46.1 Å². The SMILES string of the molecule is C=C1NC(=NC(C)(C)C)C=CN1[C@H]1CS[C@@H](COCC)O1. The van der Waals surface area contributed by atoms with E-state index in [0.29, 0.717) is 6.61 Å². The van der Waals surface area contributed by atoms with Crippen molar-refractivity contribution < 1.29 is 9.47 Å². The zero-order valence-corrected chi connectivity index (χ0v) is 14.1. The largest absolute Gasteiger partial charge is 0.378 e. The number of thioether (sulfide) groups is 1. The van der Waals surface area contributed by atoms with Gasteiger partial charge in [-0.3, -0.25) is 4.99 Å². The van der Waals surface area contributed by atoms with Gasteiger partial charge < -0.3 is 19.7 Å². The smallest absolute Gasteiger partial charge is 0.145 e. The van der Waals surface area contributed by atoms with Gasteiger partial charge in [0.2, 0.25) is 0 Å². The highest BCUT2D eigenvalue weighted by atomic mass is 32.2. The molecule has 1 N–H and O–H groups in total. The molecule has 2 aliphatic heterocycles. The predicted molar refractivity (Wildman–Crippen MR) is 88.1 cm³/mol. The second-order valence-electron chi connectivity index (χ2n) is 5.98. The van der Waals surface area contributed by atoms with Crippen molar-refractivity contribution in [1.29, 1.82) is 0 Å². The van der Waals surface area contributed by atoms with E-state index in [1.54, 1.807) is 11.8 Å². The van der Waals surface area contributed by atoms with Crippen LogP contribution in [0.1, 0.15) is 27.7 Å². The van der Waals surface area contributed by atoms with Crippen molar-refractivity contribution in [3.05, 3.63) is 24.7 Å². The Balaban J connectivity index is 1.96. The minimum atomic E-state index is -0.114. The van der Waals surface area contributed by atoms with Crippen molar-refractivity contribution in [2.45, 2.75) is 44.9 Å². The zero-order valence-electron chi connectivity index (χ0n) is 13.3. The molecule has 0 amide bonds. The lowest BCUT2D eigenvalue weighted by atomic mass is 10.1. The summed E-state index contributed by atoms with van der Waals surface area (Å²) in [6.45, 7) is 13.6. The fourth-order valence-corrected chi connectivity index (χ4v) is 3.10. The summed E-state index contributed by atoms with van der Waals surface area (Å²) in [5.41, 5.74) is -0.0157. The molecule has 21 heavy (non-hydrogen) atoms. The third-order valence-electron chi connectivity index (χ3n) is 2.93. The van der Waals surface area contributed by atoms with Crippen molar-refractivity contribution >= 4 is 17.6 Å². The Kier molecular flexibility index (Phi) is 5.35. The first-order chi connectivity index (χ1) is 9.89. The average Bonchev–Trinajstić information content (AvgIpc) is 2.83. The van der Waals surface area contributed by atoms with Crippen molar-refractivity contribution in [3.8, 4) is 0 Å². The Bertz CT molecular complexity index is 443. The number of ether oxygens (including phenoxy) is 2. The number of amidine groups is 1. The molecular weight excluding hydrogens is 286 g/mol. The standard InChI is InChI=1S/C15H25N3O2S/c1-6-19-9-14-20-13(10-21-14)18-8-7-12(16-11(18)2)17-15(3,4)5/h7-8,13-14H,2,6,9-10H2,1,3-5H3,(H,16,17)/t13-,14+/m1/s1. The lowest BCUT2D eigenvalue weighted by Gasteiger charge is -2.32. The van der Waals surface area contributed by atoms with E-state index < -0.39 is 0 Å². The van der Waals surface area contributed by atoms with E-state index in [1.807, 2.05) is 24.1 Å². The predicted octanol–water partition coefficient (Wildman–Crippen LogP) is 2.53. The molecule has 0 aromatic heterocycles. The van der Waals surface area contributed by atoms with E-state index in [1.165, 1.54) is 0 Å². The molecule has 0 bridgehead atoms. The summed E-state index contributed by atoms with van der Waals surface area (Å²) < 4.78 is 11.4. The van der Waals surface area contributed by atoms with E-state index in [4.69, 9.17) is 9.47 Å². The summed E-state index contributed by atoms with van der Waals surface area (Å²) in [5, 5.41) is 3.23. The maximum atomic E-state index is 5.98. The van der Waals surface area contributed by atoms with Crippen LogP contribution in [-0.2, 0) is 9.47 Å². The fraction of sp³-hybridized carbons (Fsp3) is 0.667. The van der Waals surface area contributed by atoms with E-state index in [2.05, 4.69) is 37.7 Å². The third-order valence-corrected chi connectivity index (χ3v) is 4.03. The van der Waals surface area contributed by atoms with Crippen LogP contribution in [0.3, 0.4) is 0 Å². The van der Waals surface area contributed by atoms with Crippen LogP contribution in [0.15, 0.2) is 29.7 Å². The summed E-state index contributed by atoms with van der Waals surface area (Å²) in [6.07, 6.45) is 3.94. The number of aliphatic imine (C=N–C) groups is 1. The number of nitrogens with one attached hydrogen (secondary N) is 1. The van der Waals surface area contributed by atoms with E-state index in [0.717, 1.165) is 24.0 Å². The summed E-state index contributed by atoms with van der Waals surface area (Å²) in [4.78, 5) is 6.62. The highest BCUT2D eigenvalue weighted by Crippen LogP contribution is 2.29. The van der Waals surface area contributed by atoms with Gasteiger partial charge in [-0.05, 0) is 33.8 Å². The van der Waals surface area contributed by atoms with Gasteiger partial charge in [-0.2, -0.15) is 0 Å². The minimum absolute atomic E-state index is 0.00658. The van der Waals surface area contributed by atoms with Crippen molar-refractivity contribution in [3.63, 3.8) is 0 Å². The van der Waals surface area contributed by atoms with Crippen LogP contribution in [0.2, 0.25) is 0 Å². The van der Waals surface area contributed by atoms with E-state index in [9.17, 15) is 0 Å². The van der Waals surface area contributed by atoms with Crippen molar-refractivity contribution in [2.24, 2.45) is 4.99 Å². The lowest BCUT2D eigenvalue weighted by Crippen LogP contribution is -2.42. The van der Waals surface area contributed by atoms with Gasteiger partial charge in [0.05, 0.1) is 12.1 Å². The quantitative estimate of drug-likeness (QED) is 0.864. The Morgan fingerprint density at radius 2 is 2.33 bits per heavy atom. The maximum absolute atomic E-state index is 5.98. The second-order valence-corrected chi connectivity index (χ2v) is 7.17. The molecule has 0 spiro atoms. The summed E-state index contributed by atoms with van der Waals surface area (Å²) in [7, 11) is 0. The molecule has 2 heterocycles. The summed E-state index contributed by atoms with van der Waals surface area (Å²) in [5.74, 6) is 2.53. The number of hydrogen-bond donors (Lipinski definition) is 1. The van der Waals surface area contributed by atoms with Gasteiger partial charge >= 0.3 is 0 Å². The Morgan fingerprint density at radius 3 is 2.95 bits per heavy atom. The molecule has 118 valence electrons. The molecule has 0 aromatic carbocycles. The lowest BCUT2D eigenvalue weighted by molar-refractivity contribution is -0.0380. The molecule has 0 aliphatic carbocycles. The maximum Gasteiger partial charge on any atom is 0.145 e. The first kappa shape index (κ1) is 16.4. The van der Waals surface area contributed by atoms with Crippen molar-refractivity contribution in [2.75, 3.05) is 19.0 Å². The molecule has 2 aliphatic rings. The second kappa shape index (κ2) is 6.85. The van der Waals surface area contributed by atoms with Gasteiger partial charge in [-0.25, -0.2) is 0 Å². The molecule has 5 nitrogen and oxygen atoms in total. The van der Waals surface area contributed by atoms with Crippen LogP contribution in [0.25, 0.3) is 0 Å². The van der Waals surface area contributed by atoms with E-state index >= 15 is 0 Å². The molecular formula is C15H25N3O2S. The van der Waals surface area contributed by atoms with Crippen LogP contribution in [0, 0.1) is 0 Å². The number of rotatable bonds is 4. The van der Waals surface area contributed by atoms with Gasteiger partial charge in [0.15, 0.2) is 0 Å². The molecule has 0 unspecified atom stereocenters. The zero-order chi connectivity index (χ0) is 15.5. The molecule has 2 rings (SSSR count). The van der Waals surface area contributed by atoms with Gasteiger partial charge in [0, 0.05) is 18.6 Å². The molecule has 0 radical (unpaired) electrons. The molecule has 0 aromatic rings. The average molecular weight is 311 g/mol. The minimum Gasteiger partial charge on any atom is -0.378 e. The first-order valence-electron chi connectivity index (χ1n) is 7.26. The fourth-order valence-electron chi connectivity index (χ4n) is 2.08. The van der Waals surface area contributed by atoms with Crippen LogP contribution >= 0.6 is 11.8 Å². The third kappa shape index (κ3) is 4.76. The molecule has 1 saturated heterocycles. The van der Waals surface area contributed by atoms with Crippen LogP contribution in [0.4, 0.5) is 0 Å². The Morgan fingerprint density at radius 1 is 1.57 bits per heavy atom. The molecule has 0 saturated carbocycles. The Labute approximate surface area is 131 Å². The Hall–Kier alpha value is -0.980. The van der Waals surface area contributed by atoms with Gasteiger partial charge in [-0.1, -0.05) is 6.58 Å². The molecule has 2 atom stereocenters. The highest BCUT2D eigenvalue weighted by molar-refractivity contribution is 8.00. The molecule has 6 heteroatoms. The first-order valence-corrected chi connectivity index (χ1v) is 8.31. The normalized spacial score (nSPS) is 28.3.